The van der Waals surface area contributed by atoms with Crippen LogP contribution in [-0.2, 0) is 4.74 Å². The van der Waals surface area contributed by atoms with Gasteiger partial charge in [0, 0.05) is 29.9 Å². The van der Waals surface area contributed by atoms with Crippen LogP contribution in [0.5, 0.6) is 0 Å². The first-order valence-electron chi connectivity index (χ1n) is 6.94. The summed E-state index contributed by atoms with van der Waals surface area (Å²) in [6.07, 6.45) is 1.92. The predicted molar refractivity (Wildman–Crippen MR) is 91.0 cm³/mol. The average Bonchev–Trinajstić information content (AvgIpc) is 2.54. The SMILES string of the molecule is COC(=O)NCCCNc1nccc(-c2ccc(Cl)cc2Cl)n1. The largest absolute Gasteiger partial charge is 0.453 e. The molecule has 0 saturated heterocycles. The molecule has 1 amide bonds. The molecule has 8 heteroatoms. The fourth-order valence-electron chi connectivity index (χ4n) is 1.84. The Bertz CT molecular complexity index is 682. The van der Waals surface area contributed by atoms with E-state index >= 15 is 0 Å². The van der Waals surface area contributed by atoms with Crippen LogP contribution >= 0.6 is 23.2 Å². The van der Waals surface area contributed by atoms with Gasteiger partial charge in [-0.2, -0.15) is 0 Å². The van der Waals surface area contributed by atoms with Crippen molar-refractivity contribution in [2.45, 2.75) is 6.42 Å². The number of hydrogen-bond donors (Lipinski definition) is 2. The van der Waals surface area contributed by atoms with Crippen molar-refractivity contribution in [3.8, 4) is 11.3 Å². The number of carbonyl (C=O) groups excluding carboxylic acids is 1. The Morgan fingerprint density at radius 3 is 2.83 bits per heavy atom. The summed E-state index contributed by atoms with van der Waals surface area (Å²) in [7, 11) is 1.33. The van der Waals surface area contributed by atoms with Gasteiger partial charge in [0.25, 0.3) is 0 Å². The molecule has 122 valence electrons. The molecule has 0 radical (unpaired) electrons. The summed E-state index contributed by atoms with van der Waals surface area (Å²) in [4.78, 5) is 19.5. The molecule has 2 rings (SSSR count). The Morgan fingerprint density at radius 1 is 1.26 bits per heavy atom. The molecule has 0 fully saturated rings. The Labute approximate surface area is 144 Å². The van der Waals surface area contributed by atoms with Crippen LogP contribution in [0.2, 0.25) is 10.0 Å². The minimum atomic E-state index is -0.444. The Balaban J connectivity index is 1.93. The third-order valence-electron chi connectivity index (χ3n) is 2.95. The van der Waals surface area contributed by atoms with E-state index in [1.807, 2.05) is 6.07 Å². The molecule has 1 aromatic carbocycles. The number of amides is 1. The highest BCUT2D eigenvalue weighted by molar-refractivity contribution is 6.36. The van der Waals surface area contributed by atoms with E-state index in [1.54, 1.807) is 24.4 Å². The topological polar surface area (TPSA) is 76.1 Å². The zero-order valence-corrected chi connectivity index (χ0v) is 14.0. The maximum atomic E-state index is 10.9. The van der Waals surface area contributed by atoms with Crippen molar-refractivity contribution in [2.24, 2.45) is 0 Å². The van der Waals surface area contributed by atoms with Crippen molar-refractivity contribution < 1.29 is 9.53 Å². The molecule has 0 spiro atoms. The molecule has 2 aromatic rings. The van der Waals surface area contributed by atoms with Gasteiger partial charge in [-0.05, 0) is 30.7 Å². The summed E-state index contributed by atoms with van der Waals surface area (Å²) in [5.74, 6) is 0.492. The van der Waals surface area contributed by atoms with Crippen molar-refractivity contribution in [1.82, 2.24) is 15.3 Å². The van der Waals surface area contributed by atoms with Crippen molar-refractivity contribution in [2.75, 3.05) is 25.5 Å². The first kappa shape index (κ1) is 17.3. The fourth-order valence-corrected chi connectivity index (χ4v) is 2.35. The van der Waals surface area contributed by atoms with E-state index in [0.717, 1.165) is 5.56 Å². The van der Waals surface area contributed by atoms with Gasteiger partial charge >= 0.3 is 6.09 Å². The molecule has 0 atom stereocenters. The van der Waals surface area contributed by atoms with Gasteiger partial charge in [-0.3, -0.25) is 0 Å². The van der Waals surface area contributed by atoms with Gasteiger partial charge in [-0.1, -0.05) is 23.2 Å². The van der Waals surface area contributed by atoms with Crippen LogP contribution in [0.1, 0.15) is 6.42 Å². The smallest absolute Gasteiger partial charge is 0.406 e. The number of halogens is 2. The molecular formula is C15H16Cl2N4O2. The van der Waals surface area contributed by atoms with E-state index in [2.05, 4.69) is 25.3 Å². The second-order valence-electron chi connectivity index (χ2n) is 4.59. The van der Waals surface area contributed by atoms with E-state index < -0.39 is 6.09 Å². The van der Waals surface area contributed by atoms with E-state index in [1.165, 1.54) is 7.11 Å². The van der Waals surface area contributed by atoms with E-state index in [4.69, 9.17) is 23.2 Å². The standard InChI is InChI=1S/C15H16Cl2N4O2/c1-23-15(22)20-7-2-6-18-14-19-8-5-13(21-14)11-4-3-10(16)9-12(11)17/h3-5,8-9H,2,6-7H2,1H3,(H,20,22)(H,18,19,21). The lowest BCUT2D eigenvalue weighted by Crippen LogP contribution is -2.25. The third-order valence-corrected chi connectivity index (χ3v) is 3.50. The van der Waals surface area contributed by atoms with Crippen molar-refractivity contribution in [3.63, 3.8) is 0 Å². The summed E-state index contributed by atoms with van der Waals surface area (Å²) in [6.45, 7) is 1.12. The highest BCUT2D eigenvalue weighted by atomic mass is 35.5. The molecule has 0 bridgehead atoms. The third kappa shape index (κ3) is 5.26. The molecule has 0 aliphatic heterocycles. The summed E-state index contributed by atoms with van der Waals surface area (Å²) >= 11 is 12.1. The number of methoxy groups -OCH3 is 1. The number of benzene rings is 1. The number of carbonyl (C=O) groups is 1. The molecule has 23 heavy (non-hydrogen) atoms. The molecule has 6 nitrogen and oxygen atoms in total. The summed E-state index contributed by atoms with van der Waals surface area (Å²) in [5, 5.41) is 6.80. The summed E-state index contributed by atoms with van der Waals surface area (Å²) in [6, 6.07) is 7.03. The number of alkyl carbamates (subject to hydrolysis) is 1. The molecule has 0 aliphatic carbocycles. The maximum absolute atomic E-state index is 10.9. The Hall–Kier alpha value is -2.05. The van der Waals surface area contributed by atoms with Crippen LogP contribution in [0.25, 0.3) is 11.3 Å². The minimum Gasteiger partial charge on any atom is -0.453 e. The fraction of sp³-hybridized carbons (Fsp3) is 0.267. The Morgan fingerprint density at radius 2 is 2.09 bits per heavy atom. The van der Waals surface area contributed by atoms with Crippen LogP contribution in [0.15, 0.2) is 30.5 Å². The number of nitrogens with one attached hydrogen (secondary N) is 2. The Kier molecular flexibility index (Phi) is 6.43. The van der Waals surface area contributed by atoms with Gasteiger partial charge in [0.1, 0.15) is 0 Å². The van der Waals surface area contributed by atoms with Crippen LogP contribution < -0.4 is 10.6 Å². The number of ether oxygens (including phenoxy) is 1. The molecule has 1 heterocycles. The minimum absolute atomic E-state index is 0.444. The normalized spacial score (nSPS) is 10.2. The summed E-state index contributed by atoms with van der Waals surface area (Å²) < 4.78 is 4.48. The van der Waals surface area contributed by atoms with Gasteiger partial charge < -0.3 is 15.4 Å². The van der Waals surface area contributed by atoms with Gasteiger partial charge in [0.05, 0.1) is 17.8 Å². The average molecular weight is 355 g/mol. The van der Waals surface area contributed by atoms with Crippen molar-refractivity contribution in [1.29, 1.82) is 0 Å². The number of anilines is 1. The molecule has 0 saturated carbocycles. The van der Waals surface area contributed by atoms with Crippen LogP contribution in [-0.4, -0.2) is 36.3 Å². The van der Waals surface area contributed by atoms with Crippen LogP contribution in [0.4, 0.5) is 10.7 Å². The lowest BCUT2D eigenvalue weighted by molar-refractivity contribution is 0.171. The number of hydrogen-bond acceptors (Lipinski definition) is 5. The van der Waals surface area contributed by atoms with Crippen molar-refractivity contribution >= 4 is 35.2 Å². The molecular weight excluding hydrogens is 339 g/mol. The number of nitrogens with zero attached hydrogens (tertiary/aromatic N) is 2. The first-order chi connectivity index (χ1) is 11.1. The van der Waals surface area contributed by atoms with E-state index in [0.29, 0.717) is 41.2 Å². The molecule has 1 aromatic heterocycles. The van der Waals surface area contributed by atoms with Gasteiger partial charge in [0.15, 0.2) is 0 Å². The first-order valence-corrected chi connectivity index (χ1v) is 7.70. The van der Waals surface area contributed by atoms with Crippen LogP contribution in [0.3, 0.4) is 0 Å². The molecule has 0 aliphatic rings. The highest BCUT2D eigenvalue weighted by Crippen LogP contribution is 2.29. The lowest BCUT2D eigenvalue weighted by Gasteiger charge is -2.08. The van der Waals surface area contributed by atoms with Crippen molar-refractivity contribution in [3.05, 3.63) is 40.5 Å². The van der Waals surface area contributed by atoms with Gasteiger partial charge in [-0.15, -0.1) is 0 Å². The number of rotatable bonds is 6. The van der Waals surface area contributed by atoms with Crippen LogP contribution in [0, 0.1) is 0 Å². The second-order valence-corrected chi connectivity index (χ2v) is 5.43. The zero-order chi connectivity index (χ0) is 16.7. The van der Waals surface area contributed by atoms with Gasteiger partial charge in [-0.25, -0.2) is 14.8 Å². The monoisotopic (exact) mass is 354 g/mol. The predicted octanol–water partition coefficient (Wildman–Crippen LogP) is 3.61. The molecule has 2 N–H and O–H groups in total. The van der Waals surface area contributed by atoms with E-state index in [9.17, 15) is 4.79 Å². The zero-order valence-electron chi connectivity index (χ0n) is 12.5. The quantitative estimate of drug-likeness (QED) is 0.775. The summed E-state index contributed by atoms with van der Waals surface area (Å²) in [5.41, 5.74) is 1.49. The maximum Gasteiger partial charge on any atom is 0.406 e. The molecule has 0 unspecified atom stereocenters. The second kappa shape index (κ2) is 8.55. The highest BCUT2D eigenvalue weighted by Gasteiger charge is 2.07. The van der Waals surface area contributed by atoms with Gasteiger partial charge in [0.2, 0.25) is 5.95 Å². The number of aromatic nitrogens is 2. The van der Waals surface area contributed by atoms with E-state index in [-0.39, 0.29) is 0 Å². The lowest BCUT2D eigenvalue weighted by atomic mass is 10.1.